The third-order valence-electron chi connectivity index (χ3n) is 3.28. The molecule has 2 aromatic rings. The van der Waals surface area contributed by atoms with Crippen LogP contribution in [0.3, 0.4) is 0 Å². The molecular formula is C13H14BrFN2O2. The van der Waals surface area contributed by atoms with Crippen LogP contribution in [0.5, 0.6) is 5.75 Å². The SMILES string of the molecule is C[C@@H]1COc2c(Br)cc(F)c3nc(C(C)(C)O)n1c23. The standard InChI is InChI=1S/C13H14BrFN2O2/c1-6-5-19-11-7(14)4-8(15)9-10(11)17(6)12(16-9)13(2,3)18/h4,6,18H,5H2,1-3H3/t6-/m1/s1. The molecule has 0 radical (unpaired) electrons. The van der Waals surface area contributed by atoms with Gasteiger partial charge in [-0.2, -0.15) is 0 Å². The normalized spacial score (nSPS) is 18.7. The smallest absolute Gasteiger partial charge is 0.159 e. The van der Waals surface area contributed by atoms with E-state index < -0.39 is 11.4 Å². The van der Waals surface area contributed by atoms with Gasteiger partial charge in [-0.15, -0.1) is 0 Å². The lowest BCUT2D eigenvalue weighted by atomic mass is 10.1. The zero-order valence-electron chi connectivity index (χ0n) is 10.9. The molecule has 0 unspecified atom stereocenters. The summed E-state index contributed by atoms with van der Waals surface area (Å²) in [6, 6.07) is 1.34. The second-order valence-electron chi connectivity index (χ2n) is 5.39. The van der Waals surface area contributed by atoms with Crippen molar-refractivity contribution >= 4 is 27.0 Å². The van der Waals surface area contributed by atoms with Crippen molar-refractivity contribution in [3.05, 3.63) is 22.2 Å². The van der Waals surface area contributed by atoms with E-state index in [4.69, 9.17) is 4.74 Å². The fourth-order valence-corrected chi connectivity index (χ4v) is 2.95. The van der Waals surface area contributed by atoms with Crippen LogP contribution in [0.4, 0.5) is 4.39 Å². The Balaban J connectivity index is 2.48. The lowest BCUT2D eigenvalue weighted by molar-refractivity contribution is 0.0615. The van der Waals surface area contributed by atoms with Crippen LogP contribution in [-0.2, 0) is 5.60 Å². The summed E-state index contributed by atoms with van der Waals surface area (Å²) in [7, 11) is 0. The van der Waals surface area contributed by atoms with Gasteiger partial charge in [-0.1, -0.05) is 0 Å². The maximum Gasteiger partial charge on any atom is 0.159 e. The van der Waals surface area contributed by atoms with E-state index in [0.29, 0.717) is 28.2 Å². The van der Waals surface area contributed by atoms with Crippen molar-refractivity contribution < 1.29 is 14.2 Å². The molecule has 0 spiro atoms. The van der Waals surface area contributed by atoms with Crippen LogP contribution in [0.1, 0.15) is 32.6 Å². The molecule has 0 bridgehead atoms. The van der Waals surface area contributed by atoms with Crippen molar-refractivity contribution in [2.24, 2.45) is 0 Å². The van der Waals surface area contributed by atoms with Crippen LogP contribution in [-0.4, -0.2) is 21.3 Å². The average Bonchev–Trinajstić information content (AvgIpc) is 2.69. The third kappa shape index (κ3) is 1.77. The first-order valence-corrected chi connectivity index (χ1v) is 6.85. The largest absolute Gasteiger partial charge is 0.488 e. The zero-order chi connectivity index (χ0) is 13.9. The van der Waals surface area contributed by atoms with E-state index in [9.17, 15) is 9.50 Å². The molecule has 1 aliphatic rings. The molecule has 0 saturated carbocycles. The predicted octanol–water partition coefficient (Wildman–Crippen LogP) is 3.12. The molecule has 2 heterocycles. The Labute approximate surface area is 118 Å². The first-order valence-electron chi connectivity index (χ1n) is 6.06. The fraction of sp³-hybridized carbons (Fsp3) is 0.462. The second kappa shape index (κ2) is 3.93. The number of ether oxygens (including phenoxy) is 1. The zero-order valence-corrected chi connectivity index (χ0v) is 12.5. The summed E-state index contributed by atoms with van der Waals surface area (Å²) in [5.74, 6) is 0.613. The van der Waals surface area contributed by atoms with Gasteiger partial charge < -0.3 is 14.4 Å². The van der Waals surface area contributed by atoms with E-state index in [1.54, 1.807) is 13.8 Å². The summed E-state index contributed by atoms with van der Waals surface area (Å²) in [6.45, 7) is 5.71. The Bertz CT molecular complexity index is 676. The van der Waals surface area contributed by atoms with Crippen molar-refractivity contribution in [3.8, 4) is 5.75 Å². The Morgan fingerprint density at radius 3 is 2.89 bits per heavy atom. The molecular weight excluding hydrogens is 315 g/mol. The molecule has 1 atom stereocenters. The quantitative estimate of drug-likeness (QED) is 0.874. The van der Waals surface area contributed by atoms with Crippen LogP contribution < -0.4 is 4.74 Å². The Morgan fingerprint density at radius 1 is 1.58 bits per heavy atom. The lowest BCUT2D eigenvalue weighted by Crippen LogP contribution is -2.28. The van der Waals surface area contributed by atoms with Gasteiger partial charge in [-0.3, -0.25) is 0 Å². The highest BCUT2D eigenvalue weighted by Crippen LogP contribution is 2.42. The molecule has 0 aliphatic carbocycles. The highest BCUT2D eigenvalue weighted by atomic mass is 79.9. The molecule has 1 aromatic carbocycles. The van der Waals surface area contributed by atoms with Crippen molar-refractivity contribution in [2.45, 2.75) is 32.4 Å². The molecule has 4 nitrogen and oxygen atoms in total. The Morgan fingerprint density at radius 2 is 2.26 bits per heavy atom. The molecule has 0 fully saturated rings. The molecule has 0 amide bonds. The number of aromatic nitrogens is 2. The van der Waals surface area contributed by atoms with E-state index in [2.05, 4.69) is 20.9 Å². The minimum Gasteiger partial charge on any atom is -0.488 e. The van der Waals surface area contributed by atoms with Crippen molar-refractivity contribution in [3.63, 3.8) is 0 Å². The highest BCUT2D eigenvalue weighted by molar-refractivity contribution is 9.10. The van der Waals surface area contributed by atoms with Gasteiger partial charge >= 0.3 is 0 Å². The topological polar surface area (TPSA) is 47.3 Å². The minimum absolute atomic E-state index is 0.00683. The van der Waals surface area contributed by atoms with Crippen LogP contribution >= 0.6 is 15.9 Å². The molecule has 0 saturated heterocycles. The number of benzene rings is 1. The van der Waals surface area contributed by atoms with Crippen molar-refractivity contribution in [2.75, 3.05) is 6.61 Å². The number of aliphatic hydroxyl groups is 1. The Hall–Kier alpha value is -1.14. The molecule has 3 rings (SSSR count). The predicted molar refractivity (Wildman–Crippen MR) is 72.8 cm³/mol. The number of rotatable bonds is 1. The number of hydrogen-bond acceptors (Lipinski definition) is 3. The van der Waals surface area contributed by atoms with Crippen LogP contribution in [0.15, 0.2) is 10.5 Å². The lowest BCUT2D eigenvalue weighted by Gasteiger charge is -2.28. The van der Waals surface area contributed by atoms with Gasteiger partial charge in [0.1, 0.15) is 29.1 Å². The summed E-state index contributed by atoms with van der Waals surface area (Å²) in [5, 5.41) is 10.2. The van der Waals surface area contributed by atoms with Crippen LogP contribution in [0.2, 0.25) is 0 Å². The van der Waals surface area contributed by atoms with Gasteiger partial charge in [0.15, 0.2) is 11.6 Å². The summed E-state index contributed by atoms with van der Waals surface area (Å²) < 4.78 is 22.1. The summed E-state index contributed by atoms with van der Waals surface area (Å²) in [4.78, 5) is 4.28. The number of nitrogens with zero attached hydrogens (tertiary/aromatic N) is 2. The summed E-state index contributed by atoms with van der Waals surface area (Å²) in [5.41, 5.74) is -0.300. The van der Waals surface area contributed by atoms with Gasteiger partial charge in [0, 0.05) is 0 Å². The number of imidazole rings is 1. The third-order valence-corrected chi connectivity index (χ3v) is 3.87. The second-order valence-corrected chi connectivity index (χ2v) is 6.25. The molecule has 19 heavy (non-hydrogen) atoms. The van der Waals surface area contributed by atoms with E-state index >= 15 is 0 Å². The molecule has 6 heteroatoms. The fourth-order valence-electron chi connectivity index (χ4n) is 2.45. The number of hydrogen-bond donors (Lipinski definition) is 1. The molecule has 1 N–H and O–H groups in total. The summed E-state index contributed by atoms with van der Waals surface area (Å²) in [6.07, 6.45) is 0. The maximum atomic E-state index is 14.1. The van der Waals surface area contributed by atoms with E-state index in [-0.39, 0.29) is 11.6 Å². The van der Waals surface area contributed by atoms with Gasteiger partial charge in [-0.25, -0.2) is 9.37 Å². The highest BCUT2D eigenvalue weighted by Gasteiger charge is 2.33. The van der Waals surface area contributed by atoms with Crippen molar-refractivity contribution in [1.82, 2.24) is 9.55 Å². The summed E-state index contributed by atoms with van der Waals surface area (Å²) >= 11 is 3.31. The molecule has 1 aliphatic heterocycles. The van der Waals surface area contributed by atoms with Crippen LogP contribution in [0.25, 0.3) is 11.0 Å². The maximum absolute atomic E-state index is 14.1. The van der Waals surface area contributed by atoms with Crippen LogP contribution in [0, 0.1) is 5.82 Å². The average molecular weight is 329 g/mol. The Kier molecular flexibility index (Phi) is 2.66. The monoisotopic (exact) mass is 328 g/mol. The van der Waals surface area contributed by atoms with Crippen molar-refractivity contribution in [1.29, 1.82) is 0 Å². The minimum atomic E-state index is -1.14. The van der Waals surface area contributed by atoms with Gasteiger partial charge in [0.05, 0.1) is 10.5 Å². The molecule has 1 aromatic heterocycles. The van der Waals surface area contributed by atoms with Gasteiger partial charge in [0.25, 0.3) is 0 Å². The first kappa shape index (κ1) is 12.9. The van der Waals surface area contributed by atoms with Gasteiger partial charge in [-0.05, 0) is 42.8 Å². The van der Waals surface area contributed by atoms with E-state index in [1.807, 2.05) is 11.5 Å². The van der Waals surface area contributed by atoms with Gasteiger partial charge in [0.2, 0.25) is 0 Å². The van der Waals surface area contributed by atoms with E-state index in [1.165, 1.54) is 6.07 Å². The number of halogens is 2. The first-order chi connectivity index (χ1) is 8.80. The van der Waals surface area contributed by atoms with E-state index in [0.717, 1.165) is 0 Å². The molecule has 102 valence electrons.